The highest BCUT2D eigenvalue weighted by Crippen LogP contribution is 2.28. The van der Waals surface area contributed by atoms with E-state index in [1.54, 1.807) is 0 Å². The first-order valence-corrected chi connectivity index (χ1v) is 10.1. The van der Waals surface area contributed by atoms with Crippen molar-refractivity contribution in [1.82, 2.24) is 15.3 Å². The van der Waals surface area contributed by atoms with Crippen molar-refractivity contribution in [1.29, 1.82) is 0 Å². The van der Waals surface area contributed by atoms with Crippen LogP contribution in [0.15, 0.2) is 54.9 Å². The second kappa shape index (κ2) is 13.2. The maximum absolute atomic E-state index is 6.09. The fourth-order valence-corrected chi connectivity index (χ4v) is 4.03. The summed E-state index contributed by atoms with van der Waals surface area (Å²) in [5.74, 6) is 0. The summed E-state index contributed by atoms with van der Waals surface area (Å²) in [5.41, 5.74) is 3.26. The normalized spacial score (nSPS) is 17.9. The van der Waals surface area contributed by atoms with Gasteiger partial charge in [-0.15, -0.1) is 37.2 Å². The second-order valence-corrected chi connectivity index (χ2v) is 7.67. The fourth-order valence-electron chi connectivity index (χ4n) is 3.86. The van der Waals surface area contributed by atoms with Crippen LogP contribution in [-0.2, 0) is 6.42 Å². The smallest absolute Gasteiger partial charge is 0.0737 e. The molecule has 0 unspecified atom stereocenters. The quantitative estimate of drug-likeness (QED) is 0.438. The first kappa shape index (κ1) is 26.7. The van der Waals surface area contributed by atoms with Crippen molar-refractivity contribution in [3.63, 3.8) is 0 Å². The molecule has 2 aromatic heterocycles. The van der Waals surface area contributed by atoms with Gasteiger partial charge in [0, 0.05) is 59.2 Å². The lowest BCUT2D eigenvalue weighted by molar-refractivity contribution is 0.355. The topological polar surface area (TPSA) is 49.8 Å². The van der Waals surface area contributed by atoms with Gasteiger partial charge in [0.25, 0.3) is 0 Å². The molecular formula is C22H28Cl4N4. The molecule has 1 aliphatic carbocycles. The third kappa shape index (κ3) is 7.14. The van der Waals surface area contributed by atoms with Crippen LogP contribution in [0.4, 0.5) is 5.69 Å². The van der Waals surface area contributed by atoms with E-state index in [9.17, 15) is 0 Å². The van der Waals surface area contributed by atoms with Crippen molar-refractivity contribution in [2.75, 3.05) is 11.9 Å². The molecule has 0 spiro atoms. The molecule has 0 radical (unpaired) electrons. The van der Waals surface area contributed by atoms with Gasteiger partial charge >= 0.3 is 0 Å². The molecular weight excluding hydrogens is 462 g/mol. The Morgan fingerprint density at radius 1 is 0.867 bits per heavy atom. The zero-order valence-electron chi connectivity index (χ0n) is 16.6. The number of hydrogen-bond donors (Lipinski definition) is 2. The molecule has 0 aliphatic heterocycles. The standard InChI is InChI=1S/C22H25ClN4.3ClH/c23-16-4-9-20-21(11-14-26-22(20)15-16)27-19-7-5-18(6-8-19)25-13-10-17-3-1-2-12-24-17;;;/h1-4,9,11-12,14-15,18-19,25H,5-8,10,13H2,(H,26,27);3*1H/t18-,19-;;;. The molecule has 2 N–H and O–H groups in total. The number of anilines is 1. The van der Waals surface area contributed by atoms with E-state index in [1.165, 1.54) is 25.7 Å². The van der Waals surface area contributed by atoms with E-state index in [-0.39, 0.29) is 37.2 Å². The zero-order valence-corrected chi connectivity index (χ0v) is 19.8. The third-order valence-electron chi connectivity index (χ3n) is 5.33. The number of rotatable bonds is 6. The Morgan fingerprint density at radius 2 is 1.63 bits per heavy atom. The highest BCUT2D eigenvalue weighted by atomic mass is 35.5. The average molecular weight is 490 g/mol. The summed E-state index contributed by atoms with van der Waals surface area (Å²) in [6.45, 7) is 0.996. The molecule has 1 aliphatic rings. The van der Waals surface area contributed by atoms with Crippen LogP contribution in [0.25, 0.3) is 10.9 Å². The van der Waals surface area contributed by atoms with Crippen molar-refractivity contribution in [3.8, 4) is 0 Å². The Balaban J connectivity index is 0.00000150. The number of aromatic nitrogens is 2. The monoisotopic (exact) mass is 488 g/mol. The first-order valence-electron chi connectivity index (χ1n) is 9.72. The Labute approximate surface area is 201 Å². The number of pyridine rings is 2. The zero-order chi connectivity index (χ0) is 18.5. The Bertz CT molecular complexity index is 887. The van der Waals surface area contributed by atoms with Gasteiger partial charge in [0.2, 0.25) is 0 Å². The first-order chi connectivity index (χ1) is 13.3. The van der Waals surface area contributed by atoms with Crippen molar-refractivity contribution in [3.05, 3.63) is 65.6 Å². The van der Waals surface area contributed by atoms with Gasteiger partial charge in [-0.1, -0.05) is 17.7 Å². The summed E-state index contributed by atoms with van der Waals surface area (Å²) < 4.78 is 0. The Morgan fingerprint density at radius 3 is 2.37 bits per heavy atom. The van der Waals surface area contributed by atoms with Crippen LogP contribution in [0.3, 0.4) is 0 Å². The minimum Gasteiger partial charge on any atom is -0.382 e. The number of benzene rings is 1. The Hall–Kier alpha value is -1.30. The van der Waals surface area contributed by atoms with Gasteiger partial charge in [-0.2, -0.15) is 0 Å². The van der Waals surface area contributed by atoms with Crippen LogP contribution < -0.4 is 10.6 Å². The van der Waals surface area contributed by atoms with Crippen LogP contribution in [-0.4, -0.2) is 28.6 Å². The maximum atomic E-state index is 6.09. The molecule has 0 bridgehead atoms. The van der Waals surface area contributed by atoms with E-state index in [4.69, 9.17) is 11.6 Å². The van der Waals surface area contributed by atoms with Crippen LogP contribution in [0.1, 0.15) is 31.4 Å². The highest BCUT2D eigenvalue weighted by molar-refractivity contribution is 6.31. The maximum Gasteiger partial charge on any atom is 0.0737 e. The lowest BCUT2D eigenvalue weighted by atomic mass is 9.90. The minimum atomic E-state index is 0. The van der Waals surface area contributed by atoms with E-state index < -0.39 is 0 Å². The van der Waals surface area contributed by atoms with Crippen molar-refractivity contribution in [2.24, 2.45) is 0 Å². The van der Waals surface area contributed by atoms with E-state index in [1.807, 2.05) is 30.6 Å². The van der Waals surface area contributed by atoms with Crippen LogP contribution in [0, 0.1) is 0 Å². The molecule has 1 fully saturated rings. The lowest BCUT2D eigenvalue weighted by Gasteiger charge is -2.30. The van der Waals surface area contributed by atoms with E-state index in [0.717, 1.165) is 40.3 Å². The van der Waals surface area contributed by atoms with Gasteiger partial charge in [-0.25, -0.2) is 0 Å². The van der Waals surface area contributed by atoms with Crippen molar-refractivity contribution < 1.29 is 0 Å². The molecule has 3 aromatic rings. The molecule has 30 heavy (non-hydrogen) atoms. The SMILES string of the molecule is Cl.Cl.Cl.Clc1ccc2c(N[C@H]3CC[C@H](NCCc4ccccn4)CC3)ccnc2c1. The molecule has 1 saturated carbocycles. The third-order valence-corrected chi connectivity index (χ3v) is 5.57. The van der Waals surface area contributed by atoms with Gasteiger partial charge in [-0.3, -0.25) is 9.97 Å². The van der Waals surface area contributed by atoms with Gasteiger partial charge in [0.1, 0.15) is 0 Å². The van der Waals surface area contributed by atoms with E-state index in [2.05, 4.69) is 44.9 Å². The number of nitrogens with zero attached hydrogens (tertiary/aromatic N) is 2. The molecule has 8 heteroatoms. The molecule has 4 nitrogen and oxygen atoms in total. The molecule has 0 atom stereocenters. The number of nitrogens with one attached hydrogen (secondary N) is 2. The van der Waals surface area contributed by atoms with Crippen LogP contribution >= 0.6 is 48.8 Å². The molecule has 164 valence electrons. The second-order valence-electron chi connectivity index (χ2n) is 7.24. The summed E-state index contributed by atoms with van der Waals surface area (Å²) in [6.07, 6.45) is 9.47. The predicted molar refractivity (Wildman–Crippen MR) is 134 cm³/mol. The predicted octanol–water partition coefficient (Wildman–Crippen LogP) is 6.10. The molecule has 4 rings (SSSR count). The largest absolute Gasteiger partial charge is 0.382 e. The summed E-state index contributed by atoms with van der Waals surface area (Å²) in [4.78, 5) is 8.81. The summed E-state index contributed by atoms with van der Waals surface area (Å²) in [5, 5.41) is 9.29. The molecule has 0 saturated heterocycles. The van der Waals surface area contributed by atoms with E-state index in [0.29, 0.717) is 12.1 Å². The lowest BCUT2D eigenvalue weighted by Crippen LogP contribution is -2.37. The van der Waals surface area contributed by atoms with Crippen molar-refractivity contribution in [2.45, 2.75) is 44.2 Å². The minimum absolute atomic E-state index is 0. The van der Waals surface area contributed by atoms with Gasteiger partial charge in [-0.05, 0) is 62.1 Å². The molecule has 0 amide bonds. The number of hydrogen-bond acceptors (Lipinski definition) is 4. The van der Waals surface area contributed by atoms with Crippen LogP contribution in [0.5, 0.6) is 0 Å². The molecule has 2 heterocycles. The average Bonchev–Trinajstić information content (AvgIpc) is 2.70. The van der Waals surface area contributed by atoms with Crippen molar-refractivity contribution >= 4 is 65.4 Å². The van der Waals surface area contributed by atoms with Gasteiger partial charge < -0.3 is 10.6 Å². The number of halogens is 4. The highest BCUT2D eigenvalue weighted by Gasteiger charge is 2.21. The Kier molecular flexibility index (Phi) is 11.7. The summed E-state index contributed by atoms with van der Waals surface area (Å²) in [6, 6.07) is 15.2. The fraction of sp³-hybridized carbons (Fsp3) is 0.364. The van der Waals surface area contributed by atoms with E-state index >= 15 is 0 Å². The molecule has 1 aromatic carbocycles. The van der Waals surface area contributed by atoms with Gasteiger partial charge in [0.15, 0.2) is 0 Å². The summed E-state index contributed by atoms with van der Waals surface area (Å²) >= 11 is 6.09. The number of fused-ring (bicyclic) bond motifs is 1. The summed E-state index contributed by atoms with van der Waals surface area (Å²) in [7, 11) is 0. The van der Waals surface area contributed by atoms with Gasteiger partial charge in [0.05, 0.1) is 5.52 Å². The van der Waals surface area contributed by atoms with Crippen LogP contribution in [0.2, 0.25) is 5.02 Å².